The number of carbonyl (C=O) groups is 1. The van der Waals surface area contributed by atoms with Crippen LogP contribution in [0.15, 0.2) is 22.8 Å². The topological polar surface area (TPSA) is 54.3 Å². The molecule has 1 heterocycles. The first-order valence-corrected chi connectivity index (χ1v) is 6.52. The second kappa shape index (κ2) is 6.59. The summed E-state index contributed by atoms with van der Waals surface area (Å²) in [6.45, 7) is 8.70. The van der Waals surface area contributed by atoms with Crippen LogP contribution in [0.5, 0.6) is 0 Å². The largest absolute Gasteiger partial charge is 0.467 e. The highest BCUT2D eigenvalue weighted by molar-refractivity contribution is 5.81. The molecule has 0 radical (unpaired) electrons. The number of rotatable bonds is 7. The van der Waals surface area contributed by atoms with Crippen LogP contribution in [-0.2, 0) is 11.3 Å². The number of amides is 1. The molecule has 4 heteroatoms. The van der Waals surface area contributed by atoms with Gasteiger partial charge in [0.25, 0.3) is 0 Å². The van der Waals surface area contributed by atoms with Crippen LogP contribution in [0, 0.1) is 0 Å². The molecule has 1 rings (SSSR count). The van der Waals surface area contributed by atoms with E-state index in [1.54, 1.807) is 6.26 Å². The fraction of sp³-hybridized carbons (Fsp3) is 0.643. The van der Waals surface area contributed by atoms with Crippen LogP contribution in [0.1, 0.15) is 46.3 Å². The zero-order valence-corrected chi connectivity index (χ0v) is 11.7. The predicted molar refractivity (Wildman–Crippen MR) is 72.1 cm³/mol. The van der Waals surface area contributed by atoms with Crippen LogP contribution in [0.2, 0.25) is 0 Å². The molecule has 2 N–H and O–H groups in total. The van der Waals surface area contributed by atoms with Gasteiger partial charge in [-0.2, -0.15) is 0 Å². The fourth-order valence-electron chi connectivity index (χ4n) is 2.09. The van der Waals surface area contributed by atoms with E-state index in [-0.39, 0.29) is 17.5 Å². The summed E-state index contributed by atoms with van der Waals surface area (Å²) in [5.74, 6) is 0.763. The Balaban J connectivity index is 2.37. The van der Waals surface area contributed by atoms with Crippen LogP contribution in [-0.4, -0.2) is 17.5 Å². The lowest BCUT2D eigenvalue weighted by atomic mass is 9.98. The third-order valence-corrected chi connectivity index (χ3v) is 2.89. The summed E-state index contributed by atoms with van der Waals surface area (Å²) in [6, 6.07) is 3.45. The summed E-state index contributed by atoms with van der Waals surface area (Å²) >= 11 is 0. The van der Waals surface area contributed by atoms with Crippen LogP contribution in [0.25, 0.3) is 0 Å². The zero-order chi connectivity index (χ0) is 13.6. The smallest absolute Gasteiger partial charge is 0.237 e. The van der Waals surface area contributed by atoms with Crippen molar-refractivity contribution in [2.75, 3.05) is 0 Å². The molecule has 4 nitrogen and oxygen atoms in total. The van der Waals surface area contributed by atoms with Crippen LogP contribution < -0.4 is 10.6 Å². The quantitative estimate of drug-likeness (QED) is 0.783. The van der Waals surface area contributed by atoms with Gasteiger partial charge in [-0.25, -0.2) is 0 Å². The van der Waals surface area contributed by atoms with E-state index in [0.29, 0.717) is 6.54 Å². The molecule has 0 fully saturated rings. The van der Waals surface area contributed by atoms with Gasteiger partial charge in [0, 0.05) is 5.54 Å². The van der Waals surface area contributed by atoms with E-state index >= 15 is 0 Å². The van der Waals surface area contributed by atoms with Crippen molar-refractivity contribution >= 4 is 5.91 Å². The Labute approximate surface area is 109 Å². The van der Waals surface area contributed by atoms with Gasteiger partial charge in [-0.3, -0.25) is 4.79 Å². The molecule has 0 aromatic carbocycles. The molecule has 18 heavy (non-hydrogen) atoms. The van der Waals surface area contributed by atoms with Crippen molar-refractivity contribution in [1.29, 1.82) is 0 Å². The number of hydrogen-bond acceptors (Lipinski definition) is 3. The second-order valence-electron chi connectivity index (χ2n) is 5.30. The van der Waals surface area contributed by atoms with E-state index in [1.165, 1.54) is 0 Å². The van der Waals surface area contributed by atoms with Crippen LogP contribution in [0.4, 0.5) is 0 Å². The highest BCUT2D eigenvalue weighted by Crippen LogP contribution is 2.11. The van der Waals surface area contributed by atoms with Crippen molar-refractivity contribution < 1.29 is 9.21 Å². The highest BCUT2D eigenvalue weighted by atomic mass is 16.3. The first kappa shape index (κ1) is 14.8. The molecule has 1 unspecified atom stereocenters. The lowest BCUT2D eigenvalue weighted by molar-refractivity contribution is -0.123. The Kier molecular flexibility index (Phi) is 5.41. The van der Waals surface area contributed by atoms with Gasteiger partial charge >= 0.3 is 0 Å². The molecule has 0 aliphatic carbocycles. The lowest BCUT2D eigenvalue weighted by Gasteiger charge is -2.29. The molecular formula is C14H24N2O2. The molecule has 0 saturated heterocycles. The molecule has 102 valence electrons. The zero-order valence-electron chi connectivity index (χ0n) is 11.7. The average Bonchev–Trinajstić information content (AvgIpc) is 2.77. The van der Waals surface area contributed by atoms with Gasteiger partial charge in [0.05, 0.1) is 18.8 Å². The van der Waals surface area contributed by atoms with Gasteiger partial charge < -0.3 is 15.1 Å². The number of carbonyl (C=O) groups excluding carboxylic acids is 1. The summed E-state index contributed by atoms with van der Waals surface area (Å²) in [5, 5.41) is 6.20. The highest BCUT2D eigenvalue weighted by Gasteiger charge is 2.22. The summed E-state index contributed by atoms with van der Waals surface area (Å²) in [4.78, 5) is 11.9. The van der Waals surface area contributed by atoms with E-state index in [2.05, 4.69) is 31.4 Å². The minimum Gasteiger partial charge on any atom is -0.467 e. The Morgan fingerprint density at radius 3 is 2.78 bits per heavy atom. The molecule has 0 bridgehead atoms. The molecule has 0 aliphatic heterocycles. The molecule has 0 aliphatic rings. The minimum absolute atomic E-state index is 0.00409. The summed E-state index contributed by atoms with van der Waals surface area (Å²) in [7, 11) is 0. The van der Waals surface area contributed by atoms with Gasteiger partial charge in [-0.05, 0) is 39.3 Å². The third-order valence-electron chi connectivity index (χ3n) is 2.89. The molecular weight excluding hydrogens is 228 g/mol. The Morgan fingerprint density at radius 2 is 2.22 bits per heavy atom. The maximum absolute atomic E-state index is 11.9. The number of nitrogens with one attached hydrogen (secondary N) is 2. The van der Waals surface area contributed by atoms with Crippen molar-refractivity contribution in [3.05, 3.63) is 24.2 Å². The van der Waals surface area contributed by atoms with Gasteiger partial charge in [-0.15, -0.1) is 0 Å². The van der Waals surface area contributed by atoms with Crippen molar-refractivity contribution in [3.8, 4) is 0 Å². The maximum Gasteiger partial charge on any atom is 0.237 e. The molecule has 0 saturated carbocycles. The van der Waals surface area contributed by atoms with E-state index < -0.39 is 0 Å². The van der Waals surface area contributed by atoms with Gasteiger partial charge in [0.1, 0.15) is 5.76 Å². The first-order valence-electron chi connectivity index (χ1n) is 6.52. The summed E-state index contributed by atoms with van der Waals surface area (Å²) < 4.78 is 5.17. The van der Waals surface area contributed by atoms with E-state index in [9.17, 15) is 4.79 Å². The number of hydrogen-bond donors (Lipinski definition) is 2. The third kappa shape index (κ3) is 4.92. The van der Waals surface area contributed by atoms with Gasteiger partial charge in [0.2, 0.25) is 5.91 Å². The van der Waals surface area contributed by atoms with E-state index in [1.807, 2.05) is 19.1 Å². The maximum atomic E-state index is 11.9. The van der Waals surface area contributed by atoms with Crippen molar-refractivity contribution in [2.45, 2.75) is 58.7 Å². The SMILES string of the molecule is CCCC(C)(C)NC(C)C(=O)NCc1ccco1. The van der Waals surface area contributed by atoms with Gasteiger partial charge in [0.15, 0.2) is 0 Å². The Bertz CT molecular complexity index is 358. The number of furan rings is 1. The average molecular weight is 252 g/mol. The minimum atomic E-state index is -0.207. The van der Waals surface area contributed by atoms with Gasteiger partial charge in [-0.1, -0.05) is 13.3 Å². The molecule has 0 spiro atoms. The van der Waals surface area contributed by atoms with E-state index in [4.69, 9.17) is 4.42 Å². The summed E-state index contributed by atoms with van der Waals surface area (Å²) in [5.41, 5.74) is -0.0177. The van der Waals surface area contributed by atoms with Crippen LogP contribution >= 0.6 is 0 Å². The Hall–Kier alpha value is -1.29. The monoisotopic (exact) mass is 252 g/mol. The lowest BCUT2D eigenvalue weighted by Crippen LogP contribution is -2.51. The molecule has 1 aromatic rings. The standard InChI is InChI=1S/C14H24N2O2/c1-5-8-14(3,4)16-11(2)13(17)15-10-12-7-6-9-18-12/h6-7,9,11,16H,5,8,10H2,1-4H3,(H,15,17). The normalized spacial score (nSPS) is 13.3. The summed E-state index contributed by atoms with van der Waals surface area (Å²) in [6.07, 6.45) is 3.75. The van der Waals surface area contributed by atoms with Crippen molar-refractivity contribution in [2.24, 2.45) is 0 Å². The van der Waals surface area contributed by atoms with Crippen LogP contribution in [0.3, 0.4) is 0 Å². The van der Waals surface area contributed by atoms with Crippen molar-refractivity contribution in [1.82, 2.24) is 10.6 Å². The fourth-order valence-corrected chi connectivity index (χ4v) is 2.09. The molecule has 1 amide bonds. The molecule has 1 atom stereocenters. The van der Waals surface area contributed by atoms with E-state index in [0.717, 1.165) is 18.6 Å². The molecule has 1 aromatic heterocycles. The second-order valence-corrected chi connectivity index (χ2v) is 5.30. The first-order chi connectivity index (χ1) is 8.44. The predicted octanol–water partition coefficient (Wildman–Crippen LogP) is 2.45. The Morgan fingerprint density at radius 1 is 1.50 bits per heavy atom. The van der Waals surface area contributed by atoms with Crippen molar-refractivity contribution in [3.63, 3.8) is 0 Å².